The fraction of sp³-hybridized carbons (Fsp3) is 0.857. The van der Waals surface area contributed by atoms with E-state index in [-0.39, 0.29) is 12.8 Å². The summed E-state index contributed by atoms with van der Waals surface area (Å²) in [5, 5.41) is 26.3. The summed E-state index contributed by atoms with van der Waals surface area (Å²) >= 11 is 0. The van der Waals surface area contributed by atoms with Gasteiger partial charge in [0.25, 0.3) is 0 Å². The summed E-state index contributed by atoms with van der Waals surface area (Å²) < 4.78 is 0. The summed E-state index contributed by atoms with van der Waals surface area (Å²) in [6.45, 7) is 1.26. The molecule has 0 saturated heterocycles. The van der Waals surface area contributed by atoms with E-state index in [1.807, 2.05) is 0 Å². The van der Waals surface area contributed by atoms with Gasteiger partial charge in [0.1, 0.15) is 12.4 Å². The van der Waals surface area contributed by atoms with Crippen molar-refractivity contribution in [2.75, 3.05) is 0 Å². The summed E-state index contributed by atoms with van der Waals surface area (Å²) in [5.41, 5.74) is 0. The van der Waals surface area contributed by atoms with Gasteiger partial charge in [0.2, 0.25) is 0 Å². The van der Waals surface area contributed by atoms with Gasteiger partial charge >= 0.3 is 0 Å². The van der Waals surface area contributed by atoms with Crippen LogP contribution >= 0.6 is 0 Å². The Kier molecular flexibility index (Phi) is 4.25. The summed E-state index contributed by atoms with van der Waals surface area (Å²) in [6.07, 6.45) is 0.325. The molecule has 0 saturated carbocycles. The van der Waals surface area contributed by atoms with Crippen molar-refractivity contribution in [3.8, 4) is 0 Å². The van der Waals surface area contributed by atoms with E-state index in [1.54, 1.807) is 0 Å². The van der Waals surface area contributed by atoms with Gasteiger partial charge in [-0.1, -0.05) is 0 Å². The quantitative estimate of drug-likeness (QED) is 0.373. The van der Waals surface area contributed by atoms with E-state index >= 15 is 0 Å². The minimum absolute atomic E-state index is 0.165. The van der Waals surface area contributed by atoms with Gasteiger partial charge < -0.3 is 20.1 Å². The fourth-order valence-corrected chi connectivity index (χ4v) is 0.714. The third kappa shape index (κ3) is 7.45. The molecule has 4 nitrogen and oxygen atoms in total. The highest BCUT2D eigenvalue weighted by Crippen LogP contribution is 2.09. The molecule has 0 aromatic rings. The molecule has 1 atom stereocenters. The number of aliphatic hydroxyl groups is 3. The average molecular weight is 162 g/mol. The van der Waals surface area contributed by atoms with Gasteiger partial charge in [-0.05, 0) is 19.8 Å². The van der Waals surface area contributed by atoms with Crippen molar-refractivity contribution in [3.05, 3.63) is 0 Å². The average Bonchev–Trinajstić information content (AvgIpc) is 1.85. The zero-order valence-electron chi connectivity index (χ0n) is 6.53. The molecule has 11 heavy (non-hydrogen) atoms. The largest absolute Gasteiger partial charge is 0.386 e. The first-order valence-corrected chi connectivity index (χ1v) is 3.54. The summed E-state index contributed by atoms with van der Waals surface area (Å²) in [5.74, 6) is -1.69. The second kappa shape index (κ2) is 4.43. The predicted octanol–water partition coefficient (Wildman–Crippen LogP) is -0.583. The van der Waals surface area contributed by atoms with Gasteiger partial charge in [-0.15, -0.1) is 0 Å². The second-order valence-electron chi connectivity index (χ2n) is 2.81. The monoisotopic (exact) mass is 162 g/mol. The lowest BCUT2D eigenvalue weighted by atomic mass is 10.1. The van der Waals surface area contributed by atoms with Crippen LogP contribution in [0.4, 0.5) is 0 Å². The smallest absolute Gasteiger partial charge is 0.159 e. The van der Waals surface area contributed by atoms with E-state index in [4.69, 9.17) is 15.3 Å². The molecule has 0 rings (SSSR count). The predicted molar refractivity (Wildman–Crippen MR) is 38.8 cm³/mol. The lowest BCUT2D eigenvalue weighted by Gasteiger charge is -2.15. The summed E-state index contributed by atoms with van der Waals surface area (Å²) in [7, 11) is 0. The van der Waals surface area contributed by atoms with Crippen molar-refractivity contribution in [1.82, 2.24) is 0 Å². The van der Waals surface area contributed by atoms with E-state index in [2.05, 4.69) is 0 Å². The maximum atomic E-state index is 9.89. The molecule has 0 aromatic carbocycles. The summed E-state index contributed by atoms with van der Waals surface area (Å²) in [6, 6.07) is 0. The summed E-state index contributed by atoms with van der Waals surface area (Å²) in [4.78, 5) is 9.89. The Morgan fingerprint density at radius 2 is 2.09 bits per heavy atom. The maximum absolute atomic E-state index is 9.89. The first-order chi connectivity index (χ1) is 4.95. The molecule has 0 amide bonds. The molecule has 0 spiro atoms. The van der Waals surface area contributed by atoms with Crippen LogP contribution in [0.15, 0.2) is 0 Å². The fourth-order valence-electron chi connectivity index (χ4n) is 0.714. The van der Waals surface area contributed by atoms with Crippen molar-refractivity contribution < 1.29 is 20.1 Å². The maximum Gasteiger partial charge on any atom is 0.159 e. The van der Waals surface area contributed by atoms with E-state index in [0.29, 0.717) is 12.7 Å². The van der Waals surface area contributed by atoms with Gasteiger partial charge in [-0.2, -0.15) is 0 Å². The molecule has 4 heteroatoms. The zero-order chi connectivity index (χ0) is 8.91. The molecule has 0 bridgehead atoms. The Bertz CT molecular complexity index is 116. The number of aliphatic hydroxyl groups excluding tert-OH is 1. The topological polar surface area (TPSA) is 77.8 Å². The molecule has 0 heterocycles. The first-order valence-electron chi connectivity index (χ1n) is 3.54. The van der Waals surface area contributed by atoms with Crippen LogP contribution < -0.4 is 0 Å². The lowest BCUT2D eigenvalue weighted by Crippen LogP contribution is -2.23. The highest BCUT2D eigenvalue weighted by molar-refractivity contribution is 5.55. The minimum Gasteiger partial charge on any atom is -0.386 e. The highest BCUT2D eigenvalue weighted by atomic mass is 16.5. The van der Waals surface area contributed by atoms with Crippen LogP contribution in [0.3, 0.4) is 0 Å². The van der Waals surface area contributed by atoms with Gasteiger partial charge in [-0.25, -0.2) is 0 Å². The SMILES string of the molecule is CC(O)(O)CCCC(O)C=O. The van der Waals surface area contributed by atoms with Crippen molar-refractivity contribution in [2.24, 2.45) is 0 Å². The molecule has 0 aliphatic carbocycles. The number of hydrogen-bond acceptors (Lipinski definition) is 4. The van der Waals surface area contributed by atoms with Gasteiger partial charge in [0, 0.05) is 6.42 Å². The molecule has 66 valence electrons. The van der Waals surface area contributed by atoms with Gasteiger partial charge in [0.05, 0.1) is 0 Å². The van der Waals surface area contributed by atoms with Crippen molar-refractivity contribution in [1.29, 1.82) is 0 Å². The Morgan fingerprint density at radius 3 is 2.45 bits per heavy atom. The standard InChI is InChI=1S/C7H14O4/c1-7(10,11)4-2-3-6(9)5-8/h5-6,9-11H,2-4H2,1H3. The molecule has 1 unspecified atom stereocenters. The van der Waals surface area contributed by atoms with Gasteiger partial charge in [0.15, 0.2) is 5.79 Å². The molecular formula is C7H14O4. The molecule has 3 N–H and O–H groups in total. The highest BCUT2D eigenvalue weighted by Gasteiger charge is 2.14. The first kappa shape index (κ1) is 10.6. The van der Waals surface area contributed by atoms with Crippen molar-refractivity contribution >= 4 is 6.29 Å². The number of rotatable bonds is 5. The Labute approximate surface area is 65.5 Å². The van der Waals surface area contributed by atoms with Crippen molar-refractivity contribution in [2.45, 2.75) is 38.1 Å². The van der Waals surface area contributed by atoms with Crippen LogP contribution in [0.2, 0.25) is 0 Å². The van der Waals surface area contributed by atoms with Gasteiger partial charge in [-0.3, -0.25) is 0 Å². The van der Waals surface area contributed by atoms with E-state index < -0.39 is 11.9 Å². The minimum atomic E-state index is -1.69. The Balaban J connectivity index is 3.35. The van der Waals surface area contributed by atoms with Crippen molar-refractivity contribution in [3.63, 3.8) is 0 Å². The molecule has 0 aromatic heterocycles. The van der Waals surface area contributed by atoms with E-state index in [9.17, 15) is 4.79 Å². The third-order valence-corrected chi connectivity index (χ3v) is 1.31. The molecule has 0 fully saturated rings. The van der Waals surface area contributed by atoms with Crippen LogP contribution in [-0.2, 0) is 4.79 Å². The van der Waals surface area contributed by atoms with Crippen LogP contribution in [0.1, 0.15) is 26.2 Å². The zero-order valence-corrected chi connectivity index (χ0v) is 6.53. The number of carbonyl (C=O) groups excluding carboxylic acids is 1. The lowest BCUT2D eigenvalue weighted by molar-refractivity contribution is -0.151. The van der Waals surface area contributed by atoms with Crippen LogP contribution in [-0.4, -0.2) is 33.5 Å². The molecular weight excluding hydrogens is 148 g/mol. The third-order valence-electron chi connectivity index (χ3n) is 1.31. The normalized spacial score (nSPS) is 14.5. The van der Waals surface area contributed by atoms with E-state index in [1.165, 1.54) is 6.92 Å². The Hall–Kier alpha value is -0.450. The number of carbonyl (C=O) groups is 1. The van der Waals surface area contributed by atoms with Crippen LogP contribution in [0, 0.1) is 0 Å². The Morgan fingerprint density at radius 1 is 1.55 bits per heavy atom. The molecule has 0 aliphatic heterocycles. The molecule has 0 radical (unpaired) electrons. The van der Waals surface area contributed by atoms with Crippen LogP contribution in [0.5, 0.6) is 0 Å². The van der Waals surface area contributed by atoms with E-state index in [0.717, 1.165) is 0 Å². The molecule has 0 aliphatic rings. The number of hydrogen-bond donors (Lipinski definition) is 3. The second-order valence-corrected chi connectivity index (χ2v) is 2.81. The number of aldehydes is 1. The van der Waals surface area contributed by atoms with Crippen LogP contribution in [0.25, 0.3) is 0 Å².